The molecule has 0 heterocycles. The highest BCUT2D eigenvalue weighted by atomic mass is 16.5. The summed E-state index contributed by atoms with van der Waals surface area (Å²) < 4.78 is 5.25. The molecule has 146 valence electrons. The number of carbonyl (C=O) groups excluding carboxylic acids is 2. The van der Waals surface area contributed by atoms with Crippen LogP contribution in [0.5, 0.6) is 0 Å². The molecule has 0 radical (unpaired) electrons. The van der Waals surface area contributed by atoms with Crippen LogP contribution in [-0.2, 0) is 20.9 Å². The molecule has 0 spiro atoms. The zero-order chi connectivity index (χ0) is 19.8. The molecule has 0 aliphatic rings. The fourth-order valence-electron chi connectivity index (χ4n) is 2.78. The summed E-state index contributed by atoms with van der Waals surface area (Å²) in [4.78, 5) is 24.4. The number of Topliss-reactive ketones (excluding diaryl/α,β-unsaturated/α-hetero) is 1. The smallest absolute Gasteiger partial charge is 0.306 e. The Hall–Kier alpha value is -1.64. The lowest BCUT2D eigenvalue weighted by Crippen LogP contribution is -2.26. The lowest BCUT2D eigenvalue weighted by atomic mass is 9.74. The molecule has 0 N–H and O–H groups in total. The predicted octanol–water partition coefficient (Wildman–Crippen LogP) is 5.96. The molecule has 0 saturated heterocycles. The standard InChI is InChI=1S/C23H36O3/c1-18(2)22(3,4)15-10-16-23(5,6)20(24)13-14-21(25)26-17-19-11-8-7-9-12-19/h7-9,11-12,18H,10,13-17H2,1-6H3. The number of carbonyl (C=O) groups is 2. The van der Waals surface area contributed by atoms with Crippen LogP contribution < -0.4 is 0 Å². The first-order chi connectivity index (χ1) is 12.0. The van der Waals surface area contributed by atoms with E-state index < -0.39 is 0 Å². The van der Waals surface area contributed by atoms with E-state index in [1.54, 1.807) is 0 Å². The topological polar surface area (TPSA) is 43.4 Å². The van der Waals surface area contributed by atoms with Gasteiger partial charge in [-0.25, -0.2) is 0 Å². The molecule has 0 aliphatic heterocycles. The second-order valence-corrected chi connectivity index (χ2v) is 8.95. The van der Waals surface area contributed by atoms with Crippen LogP contribution in [0.2, 0.25) is 0 Å². The minimum Gasteiger partial charge on any atom is -0.461 e. The summed E-state index contributed by atoms with van der Waals surface area (Å²) in [5, 5.41) is 0. The number of esters is 1. The molecule has 0 bridgehead atoms. The minimum absolute atomic E-state index is 0.150. The van der Waals surface area contributed by atoms with Gasteiger partial charge in [0.25, 0.3) is 0 Å². The van der Waals surface area contributed by atoms with E-state index >= 15 is 0 Å². The van der Waals surface area contributed by atoms with Crippen LogP contribution in [0.25, 0.3) is 0 Å². The van der Waals surface area contributed by atoms with Crippen molar-refractivity contribution >= 4 is 11.8 Å². The van der Waals surface area contributed by atoms with Gasteiger partial charge in [0.05, 0.1) is 6.42 Å². The molecule has 0 amide bonds. The van der Waals surface area contributed by atoms with Gasteiger partial charge in [0.2, 0.25) is 0 Å². The summed E-state index contributed by atoms with van der Waals surface area (Å²) in [7, 11) is 0. The predicted molar refractivity (Wildman–Crippen MR) is 107 cm³/mol. The Morgan fingerprint density at radius 3 is 2.15 bits per heavy atom. The van der Waals surface area contributed by atoms with E-state index in [4.69, 9.17) is 4.74 Å². The summed E-state index contributed by atoms with van der Waals surface area (Å²) in [6.45, 7) is 13.3. The van der Waals surface area contributed by atoms with Gasteiger partial charge in [-0.05, 0) is 29.7 Å². The average molecular weight is 361 g/mol. The number of hydrogen-bond acceptors (Lipinski definition) is 3. The molecule has 3 nitrogen and oxygen atoms in total. The summed E-state index contributed by atoms with van der Waals surface area (Å²) in [5.41, 5.74) is 0.868. The van der Waals surface area contributed by atoms with Gasteiger partial charge >= 0.3 is 5.97 Å². The minimum atomic E-state index is -0.382. The van der Waals surface area contributed by atoms with Crippen LogP contribution in [-0.4, -0.2) is 11.8 Å². The third-order valence-corrected chi connectivity index (χ3v) is 5.74. The van der Waals surface area contributed by atoms with E-state index in [0.717, 1.165) is 24.8 Å². The second-order valence-electron chi connectivity index (χ2n) is 8.95. The largest absolute Gasteiger partial charge is 0.461 e. The van der Waals surface area contributed by atoms with Crippen molar-refractivity contribution in [2.24, 2.45) is 16.7 Å². The Bertz CT molecular complexity index is 570. The zero-order valence-corrected chi connectivity index (χ0v) is 17.4. The molecule has 3 heteroatoms. The van der Waals surface area contributed by atoms with Gasteiger partial charge in [-0.2, -0.15) is 0 Å². The van der Waals surface area contributed by atoms with Gasteiger partial charge in [0.1, 0.15) is 12.4 Å². The Morgan fingerprint density at radius 2 is 1.58 bits per heavy atom. The molecular weight excluding hydrogens is 324 g/mol. The van der Waals surface area contributed by atoms with Crippen molar-refractivity contribution in [1.29, 1.82) is 0 Å². The quantitative estimate of drug-likeness (QED) is 0.457. The Labute approximate surface area is 159 Å². The van der Waals surface area contributed by atoms with E-state index in [9.17, 15) is 9.59 Å². The Kier molecular flexibility index (Phi) is 8.52. The van der Waals surface area contributed by atoms with Crippen LogP contribution in [0.3, 0.4) is 0 Å². The molecule has 0 fully saturated rings. The summed E-state index contributed by atoms with van der Waals surface area (Å²) in [5.74, 6) is 0.469. The van der Waals surface area contributed by atoms with Gasteiger partial charge in [-0.15, -0.1) is 0 Å². The van der Waals surface area contributed by atoms with Gasteiger partial charge in [0, 0.05) is 11.8 Å². The molecule has 0 unspecified atom stereocenters. The normalized spacial score (nSPS) is 12.3. The van der Waals surface area contributed by atoms with Gasteiger partial charge < -0.3 is 4.74 Å². The summed E-state index contributed by atoms with van der Waals surface area (Å²) in [6.07, 6.45) is 3.42. The van der Waals surface area contributed by atoms with Crippen molar-refractivity contribution in [2.45, 2.75) is 80.3 Å². The first kappa shape index (κ1) is 22.4. The van der Waals surface area contributed by atoms with E-state index in [1.807, 2.05) is 44.2 Å². The van der Waals surface area contributed by atoms with Gasteiger partial charge in [0.15, 0.2) is 0 Å². The van der Waals surface area contributed by atoms with Crippen molar-refractivity contribution in [3.8, 4) is 0 Å². The second kappa shape index (κ2) is 9.89. The Morgan fingerprint density at radius 1 is 0.962 bits per heavy atom. The highest BCUT2D eigenvalue weighted by Gasteiger charge is 2.29. The number of benzene rings is 1. The maximum Gasteiger partial charge on any atom is 0.306 e. The van der Waals surface area contributed by atoms with Crippen LogP contribution in [0.15, 0.2) is 30.3 Å². The summed E-state index contributed by atoms with van der Waals surface area (Å²) >= 11 is 0. The van der Waals surface area contributed by atoms with Crippen molar-refractivity contribution in [1.82, 2.24) is 0 Å². The number of ketones is 1. The third kappa shape index (κ3) is 7.72. The molecule has 0 aromatic heterocycles. The lowest BCUT2D eigenvalue weighted by molar-refractivity contribution is -0.146. The highest BCUT2D eigenvalue weighted by Crippen LogP contribution is 2.35. The van der Waals surface area contributed by atoms with Crippen molar-refractivity contribution in [3.63, 3.8) is 0 Å². The molecule has 0 aliphatic carbocycles. The number of hydrogen-bond donors (Lipinski definition) is 0. The molecule has 1 aromatic rings. The molecule has 0 atom stereocenters. The Balaban J connectivity index is 2.34. The van der Waals surface area contributed by atoms with Crippen LogP contribution in [0, 0.1) is 16.7 Å². The zero-order valence-electron chi connectivity index (χ0n) is 17.4. The van der Waals surface area contributed by atoms with Crippen LogP contribution in [0.1, 0.15) is 79.2 Å². The average Bonchev–Trinajstić information content (AvgIpc) is 2.58. The van der Waals surface area contributed by atoms with E-state index in [-0.39, 0.29) is 36.6 Å². The van der Waals surface area contributed by atoms with Crippen molar-refractivity contribution < 1.29 is 14.3 Å². The monoisotopic (exact) mass is 360 g/mol. The fraction of sp³-hybridized carbons (Fsp3) is 0.652. The van der Waals surface area contributed by atoms with Gasteiger partial charge in [-0.1, -0.05) is 78.3 Å². The van der Waals surface area contributed by atoms with E-state index in [1.165, 1.54) is 0 Å². The van der Waals surface area contributed by atoms with Crippen LogP contribution >= 0.6 is 0 Å². The van der Waals surface area contributed by atoms with Gasteiger partial charge in [-0.3, -0.25) is 9.59 Å². The molecule has 1 aromatic carbocycles. The molecule has 0 saturated carbocycles. The molecule has 26 heavy (non-hydrogen) atoms. The number of ether oxygens (including phenoxy) is 1. The first-order valence-corrected chi connectivity index (χ1v) is 9.77. The lowest BCUT2D eigenvalue weighted by Gasteiger charge is -2.31. The fourth-order valence-corrected chi connectivity index (χ4v) is 2.78. The number of rotatable bonds is 11. The molecule has 1 rings (SSSR count). The van der Waals surface area contributed by atoms with Crippen molar-refractivity contribution in [3.05, 3.63) is 35.9 Å². The maximum atomic E-state index is 12.5. The highest BCUT2D eigenvalue weighted by molar-refractivity contribution is 5.87. The van der Waals surface area contributed by atoms with E-state index in [0.29, 0.717) is 11.3 Å². The SMILES string of the molecule is CC(C)C(C)(C)CCCC(C)(C)C(=O)CCC(=O)OCc1ccccc1. The third-order valence-electron chi connectivity index (χ3n) is 5.74. The van der Waals surface area contributed by atoms with E-state index in [2.05, 4.69) is 27.7 Å². The van der Waals surface area contributed by atoms with Crippen LogP contribution in [0.4, 0.5) is 0 Å². The first-order valence-electron chi connectivity index (χ1n) is 9.77. The summed E-state index contributed by atoms with van der Waals surface area (Å²) in [6, 6.07) is 9.58. The maximum absolute atomic E-state index is 12.5. The molecular formula is C23H36O3. The van der Waals surface area contributed by atoms with Crippen molar-refractivity contribution in [2.75, 3.05) is 0 Å².